The van der Waals surface area contributed by atoms with E-state index in [2.05, 4.69) is 15.8 Å². The molecule has 20 heavy (non-hydrogen) atoms. The summed E-state index contributed by atoms with van der Waals surface area (Å²) < 4.78 is 0. The monoisotopic (exact) mass is 307 g/mol. The first-order valence-electron chi connectivity index (χ1n) is 6.26. The number of aromatic nitrogens is 1. The Morgan fingerprint density at radius 1 is 1.35 bits per heavy atom. The lowest BCUT2D eigenvalue weighted by molar-refractivity contribution is -0.123. The molecule has 2 aromatic rings. The van der Waals surface area contributed by atoms with E-state index >= 15 is 0 Å². The van der Waals surface area contributed by atoms with E-state index in [1.165, 1.54) is 11.3 Å². The highest BCUT2D eigenvalue weighted by molar-refractivity contribution is 7.22. The molecule has 2 heterocycles. The molecule has 2 amide bonds. The van der Waals surface area contributed by atoms with E-state index in [1.54, 1.807) is 18.3 Å². The van der Waals surface area contributed by atoms with Crippen LogP contribution in [0.2, 0.25) is 0 Å². The standard InChI is InChI=1S/C13H13N3O2S2/c1-7-10(12(18)16-15-11(17)8-4-5-8)20-13(14-7)9-3-2-6-19-9/h2-3,6,8H,4-5H2,1H3,(H,15,17)(H,16,18). The molecular weight excluding hydrogens is 294 g/mol. The van der Waals surface area contributed by atoms with Crippen molar-refractivity contribution in [3.05, 3.63) is 28.1 Å². The average Bonchev–Trinajstić information content (AvgIpc) is 2.99. The van der Waals surface area contributed by atoms with Gasteiger partial charge in [-0.25, -0.2) is 4.98 Å². The van der Waals surface area contributed by atoms with Crippen LogP contribution in [0.4, 0.5) is 0 Å². The number of carbonyl (C=O) groups excluding carboxylic acids is 2. The van der Waals surface area contributed by atoms with E-state index in [-0.39, 0.29) is 17.7 Å². The van der Waals surface area contributed by atoms with Crippen molar-refractivity contribution < 1.29 is 9.59 Å². The van der Waals surface area contributed by atoms with Crippen molar-refractivity contribution in [2.24, 2.45) is 5.92 Å². The van der Waals surface area contributed by atoms with Crippen LogP contribution in [-0.2, 0) is 4.79 Å². The average molecular weight is 307 g/mol. The Morgan fingerprint density at radius 2 is 2.15 bits per heavy atom. The summed E-state index contributed by atoms with van der Waals surface area (Å²) in [5, 5.41) is 2.80. The lowest BCUT2D eigenvalue weighted by Gasteiger charge is -2.05. The van der Waals surface area contributed by atoms with Crippen molar-refractivity contribution in [3.63, 3.8) is 0 Å². The molecule has 0 unspecified atom stereocenters. The molecule has 0 radical (unpaired) electrons. The zero-order valence-electron chi connectivity index (χ0n) is 10.8. The van der Waals surface area contributed by atoms with Crippen LogP contribution in [0.15, 0.2) is 17.5 Å². The minimum Gasteiger partial charge on any atom is -0.273 e. The van der Waals surface area contributed by atoms with E-state index < -0.39 is 0 Å². The van der Waals surface area contributed by atoms with Crippen molar-refractivity contribution in [2.45, 2.75) is 19.8 Å². The molecule has 0 aliphatic heterocycles. The molecule has 2 N–H and O–H groups in total. The van der Waals surface area contributed by atoms with Gasteiger partial charge in [0.1, 0.15) is 9.88 Å². The van der Waals surface area contributed by atoms with Crippen molar-refractivity contribution in [1.82, 2.24) is 15.8 Å². The summed E-state index contributed by atoms with van der Waals surface area (Å²) in [6.45, 7) is 1.80. The molecule has 7 heteroatoms. The number of nitrogens with one attached hydrogen (secondary N) is 2. The second kappa shape index (κ2) is 5.34. The second-order valence-corrected chi connectivity index (χ2v) is 6.58. The van der Waals surface area contributed by atoms with Gasteiger partial charge in [-0.3, -0.25) is 20.4 Å². The van der Waals surface area contributed by atoms with E-state index in [0.717, 1.165) is 22.7 Å². The van der Waals surface area contributed by atoms with Crippen molar-refractivity contribution >= 4 is 34.5 Å². The highest BCUT2D eigenvalue weighted by Gasteiger charge is 2.30. The van der Waals surface area contributed by atoms with Gasteiger partial charge in [-0.15, -0.1) is 22.7 Å². The van der Waals surface area contributed by atoms with Gasteiger partial charge in [-0.2, -0.15) is 0 Å². The van der Waals surface area contributed by atoms with Crippen LogP contribution in [0.1, 0.15) is 28.2 Å². The fourth-order valence-electron chi connectivity index (χ4n) is 1.74. The Bertz CT molecular complexity index is 645. The number of aryl methyl sites for hydroxylation is 1. The maximum absolute atomic E-state index is 12.0. The number of nitrogens with zero attached hydrogens (tertiary/aromatic N) is 1. The van der Waals surface area contributed by atoms with Crippen molar-refractivity contribution in [1.29, 1.82) is 0 Å². The van der Waals surface area contributed by atoms with Crippen LogP contribution < -0.4 is 10.9 Å². The highest BCUT2D eigenvalue weighted by atomic mass is 32.1. The van der Waals surface area contributed by atoms with Gasteiger partial charge in [0.05, 0.1) is 10.6 Å². The number of carbonyl (C=O) groups is 2. The van der Waals surface area contributed by atoms with Crippen LogP contribution in [0.25, 0.3) is 9.88 Å². The summed E-state index contributed by atoms with van der Waals surface area (Å²) >= 11 is 2.92. The molecule has 1 aliphatic rings. The number of amides is 2. The molecule has 0 aromatic carbocycles. The molecular formula is C13H13N3O2S2. The third kappa shape index (κ3) is 2.73. The Labute approximate surface area is 124 Å². The maximum Gasteiger partial charge on any atom is 0.281 e. The normalized spacial score (nSPS) is 14.1. The summed E-state index contributed by atoms with van der Waals surface area (Å²) in [5.74, 6) is -0.352. The van der Waals surface area contributed by atoms with Crippen LogP contribution in [0.3, 0.4) is 0 Å². The minimum atomic E-state index is -0.309. The lowest BCUT2D eigenvalue weighted by Crippen LogP contribution is -2.42. The number of rotatable bonds is 3. The smallest absolute Gasteiger partial charge is 0.273 e. The molecule has 0 atom stereocenters. The quantitative estimate of drug-likeness (QED) is 0.855. The Kier molecular flexibility index (Phi) is 3.54. The predicted octanol–water partition coefficient (Wildman–Crippen LogP) is 2.35. The zero-order valence-corrected chi connectivity index (χ0v) is 12.4. The number of thiazole rings is 1. The van der Waals surface area contributed by atoms with Crippen molar-refractivity contribution in [3.8, 4) is 9.88 Å². The first-order valence-corrected chi connectivity index (χ1v) is 7.96. The van der Waals surface area contributed by atoms with Gasteiger partial charge in [-0.05, 0) is 31.2 Å². The minimum absolute atomic E-state index is 0.0690. The highest BCUT2D eigenvalue weighted by Crippen LogP contribution is 2.31. The van der Waals surface area contributed by atoms with E-state index in [4.69, 9.17) is 0 Å². The van der Waals surface area contributed by atoms with Gasteiger partial charge in [0.2, 0.25) is 5.91 Å². The molecule has 2 aromatic heterocycles. The Hall–Kier alpha value is -1.73. The van der Waals surface area contributed by atoms with Crippen molar-refractivity contribution in [2.75, 3.05) is 0 Å². The molecule has 0 spiro atoms. The molecule has 1 aliphatic carbocycles. The van der Waals surface area contributed by atoms with E-state index in [1.807, 2.05) is 17.5 Å². The van der Waals surface area contributed by atoms with Gasteiger partial charge in [0, 0.05) is 5.92 Å². The summed E-state index contributed by atoms with van der Waals surface area (Å²) in [7, 11) is 0. The maximum atomic E-state index is 12.0. The van der Waals surface area contributed by atoms with Gasteiger partial charge >= 0.3 is 0 Å². The topological polar surface area (TPSA) is 71.1 Å². The molecule has 1 fully saturated rings. The fraction of sp³-hybridized carbons (Fsp3) is 0.308. The number of hydrazine groups is 1. The zero-order chi connectivity index (χ0) is 14.1. The number of thiophene rings is 1. The largest absolute Gasteiger partial charge is 0.281 e. The van der Waals surface area contributed by atoms with Crippen LogP contribution in [0, 0.1) is 12.8 Å². The number of hydrogen-bond acceptors (Lipinski definition) is 5. The molecule has 0 bridgehead atoms. The lowest BCUT2D eigenvalue weighted by atomic mass is 10.4. The molecule has 104 valence electrons. The SMILES string of the molecule is Cc1nc(-c2cccs2)sc1C(=O)NNC(=O)C1CC1. The molecule has 3 rings (SSSR count). The first kappa shape index (κ1) is 13.3. The Balaban J connectivity index is 1.69. The first-order chi connectivity index (χ1) is 9.65. The molecule has 1 saturated carbocycles. The summed E-state index contributed by atoms with van der Waals surface area (Å²) in [4.78, 5) is 29.5. The number of hydrogen-bond donors (Lipinski definition) is 2. The Morgan fingerprint density at radius 3 is 2.80 bits per heavy atom. The summed E-state index contributed by atoms with van der Waals surface area (Å²) in [6.07, 6.45) is 1.81. The fourth-order valence-corrected chi connectivity index (χ4v) is 3.49. The third-order valence-corrected chi connectivity index (χ3v) is 5.18. The molecule has 0 saturated heterocycles. The van der Waals surface area contributed by atoms with Crippen LogP contribution in [-0.4, -0.2) is 16.8 Å². The third-order valence-electron chi connectivity index (χ3n) is 2.98. The van der Waals surface area contributed by atoms with Gasteiger partial charge in [0.15, 0.2) is 0 Å². The van der Waals surface area contributed by atoms with Crippen LogP contribution >= 0.6 is 22.7 Å². The van der Waals surface area contributed by atoms with Crippen LogP contribution in [0.5, 0.6) is 0 Å². The van der Waals surface area contributed by atoms with E-state index in [0.29, 0.717) is 10.6 Å². The van der Waals surface area contributed by atoms with E-state index in [9.17, 15) is 9.59 Å². The van der Waals surface area contributed by atoms with Gasteiger partial charge in [-0.1, -0.05) is 6.07 Å². The summed E-state index contributed by atoms with van der Waals surface area (Å²) in [5.41, 5.74) is 5.59. The summed E-state index contributed by atoms with van der Waals surface area (Å²) in [6, 6.07) is 3.92. The molecule has 5 nitrogen and oxygen atoms in total. The second-order valence-electron chi connectivity index (χ2n) is 4.63. The predicted molar refractivity (Wildman–Crippen MR) is 78.5 cm³/mol. The van der Waals surface area contributed by atoms with Gasteiger partial charge < -0.3 is 0 Å². The van der Waals surface area contributed by atoms with Gasteiger partial charge in [0.25, 0.3) is 5.91 Å².